The zero-order valence-electron chi connectivity index (χ0n) is 19.5. The van der Waals surface area contributed by atoms with Gasteiger partial charge in [-0.25, -0.2) is 0 Å². The van der Waals surface area contributed by atoms with E-state index in [0.29, 0.717) is 22.7 Å². The van der Waals surface area contributed by atoms with Crippen LogP contribution in [0.15, 0.2) is 36.6 Å². The summed E-state index contributed by atoms with van der Waals surface area (Å²) in [6.45, 7) is 8.79. The normalized spacial score (nSPS) is 18.6. The van der Waals surface area contributed by atoms with Crippen molar-refractivity contribution in [3.8, 4) is 5.75 Å². The van der Waals surface area contributed by atoms with Crippen LogP contribution in [0, 0.1) is 16.2 Å². The van der Waals surface area contributed by atoms with Crippen molar-refractivity contribution in [3.63, 3.8) is 0 Å². The fourth-order valence-electron chi connectivity index (χ4n) is 4.43. The van der Waals surface area contributed by atoms with Crippen LogP contribution in [0.5, 0.6) is 5.75 Å². The van der Waals surface area contributed by atoms with Crippen molar-refractivity contribution in [1.29, 1.82) is 16.2 Å². The van der Waals surface area contributed by atoms with E-state index in [2.05, 4.69) is 33.0 Å². The molecule has 0 radical (unpaired) electrons. The first-order chi connectivity index (χ1) is 14.4. The molecule has 0 bridgehead atoms. The second-order valence-corrected chi connectivity index (χ2v) is 9.38. The number of hydrogen-bond donors (Lipinski definition) is 5. The third kappa shape index (κ3) is 6.04. The molecule has 31 heavy (non-hydrogen) atoms. The zero-order valence-corrected chi connectivity index (χ0v) is 19.5. The van der Waals surface area contributed by atoms with E-state index in [0.717, 1.165) is 18.4 Å². The van der Waals surface area contributed by atoms with Crippen LogP contribution in [-0.2, 0) is 0 Å². The molecule has 1 aromatic carbocycles. The van der Waals surface area contributed by atoms with E-state index < -0.39 is 0 Å². The Hall–Kier alpha value is -2.93. The first-order valence-corrected chi connectivity index (χ1v) is 10.4. The number of nitrogens with two attached hydrogens (primary N) is 1. The molecule has 1 heterocycles. The summed E-state index contributed by atoms with van der Waals surface area (Å²) in [5, 5.41) is 28.1. The highest BCUT2D eigenvalue weighted by molar-refractivity contribution is 6.12. The van der Waals surface area contributed by atoms with Crippen LogP contribution in [-0.4, -0.2) is 53.9 Å². The molecular weight excluding hydrogens is 388 g/mol. The Morgan fingerprint density at radius 3 is 2.29 bits per heavy atom. The van der Waals surface area contributed by atoms with Crippen LogP contribution in [0.2, 0.25) is 0 Å². The Kier molecular flexibility index (Phi) is 7.44. The second-order valence-electron chi connectivity index (χ2n) is 9.38. The van der Waals surface area contributed by atoms with Crippen molar-refractivity contribution >= 4 is 23.3 Å². The molecule has 1 aromatic rings. The number of likely N-dealkylation sites (N-methyl/N-ethyl adjacent to an activating group) is 1. The Morgan fingerprint density at radius 1 is 1.16 bits per heavy atom. The van der Waals surface area contributed by atoms with Gasteiger partial charge in [0, 0.05) is 47.7 Å². The van der Waals surface area contributed by atoms with Gasteiger partial charge in [0.25, 0.3) is 0 Å². The van der Waals surface area contributed by atoms with E-state index in [1.54, 1.807) is 37.5 Å². The van der Waals surface area contributed by atoms with Gasteiger partial charge in [0.15, 0.2) is 0 Å². The number of piperidine rings is 1. The standard InChI is InChI=1S/C24H36N6O/c1-23(2)12-18(13-24(3,4)29-23)30(5)22(28)10-9-20(27)19-8-7-16(11-21(19)31-6)17(14-25)15-26/h7-11,14-15,18,25,27-29H,12-13,26H2,1-6H3/b10-9-,17-15+,25-14?,27-20?,28-22?. The molecule has 1 aliphatic heterocycles. The fraction of sp³-hybridized carbons (Fsp3) is 0.458. The Bertz CT molecular complexity index is 897. The van der Waals surface area contributed by atoms with E-state index in [9.17, 15) is 0 Å². The number of hydrogen-bond acceptors (Lipinski definition) is 6. The van der Waals surface area contributed by atoms with Crippen LogP contribution >= 0.6 is 0 Å². The number of benzene rings is 1. The molecule has 0 amide bonds. The molecule has 6 N–H and O–H groups in total. The molecule has 0 saturated carbocycles. The van der Waals surface area contributed by atoms with Gasteiger partial charge in [0.2, 0.25) is 0 Å². The summed E-state index contributed by atoms with van der Waals surface area (Å²) in [6.07, 6.45) is 7.73. The van der Waals surface area contributed by atoms with Crippen LogP contribution in [0.1, 0.15) is 51.7 Å². The van der Waals surface area contributed by atoms with Gasteiger partial charge in [-0.3, -0.25) is 5.41 Å². The van der Waals surface area contributed by atoms with Gasteiger partial charge >= 0.3 is 0 Å². The average Bonchev–Trinajstić information content (AvgIpc) is 2.69. The zero-order chi connectivity index (χ0) is 23.4. The maximum absolute atomic E-state index is 8.53. The molecule has 0 aromatic heterocycles. The molecule has 1 aliphatic rings. The smallest absolute Gasteiger partial charge is 0.128 e. The highest BCUT2D eigenvalue weighted by Gasteiger charge is 2.39. The largest absolute Gasteiger partial charge is 0.496 e. The van der Waals surface area contributed by atoms with Crippen LogP contribution in [0.4, 0.5) is 0 Å². The molecule has 1 saturated heterocycles. The van der Waals surface area contributed by atoms with Gasteiger partial charge in [0.1, 0.15) is 11.6 Å². The van der Waals surface area contributed by atoms with Crippen molar-refractivity contribution in [3.05, 3.63) is 47.7 Å². The van der Waals surface area contributed by atoms with E-state index in [4.69, 9.17) is 26.7 Å². The third-order valence-corrected chi connectivity index (χ3v) is 5.66. The van der Waals surface area contributed by atoms with Crippen LogP contribution in [0.3, 0.4) is 0 Å². The summed E-state index contributed by atoms with van der Waals surface area (Å²) in [5.74, 6) is 0.895. The molecule has 1 fully saturated rings. The minimum atomic E-state index is -0.000200. The number of allylic oxidation sites excluding steroid dienone is 2. The van der Waals surface area contributed by atoms with Crippen LogP contribution in [0.25, 0.3) is 5.57 Å². The topological polar surface area (TPSA) is 122 Å². The number of nitrogens with one attached hydrogen (secondary N) is 4. The van der Waals surface area contributed by atoms with Gasteiger partial charge in [0.05, 0.1) is 12.8 Å². The van der Waals surface area contributed by atoms with E-state index in [-0.39, 0.29) is 22.8 Å². The predicted molar refractivity (Wildman–Crippen MR) is 130 cm³/mol. The van der Waals surface area contributed by atoms with Crippen LogP contribution < -0.4 is 15.8 Å². The summed E-state index contributed by atoms with van der Waals surface area (Å²) in [7, 11) is 3.50. The number of amidine groups is 1. The summed E-state index contributed by atoms with van der Waals surface area (Å²) < 4.78 is 5.45. The summed E-state index contributed by atoms with van der Waals surface area (Å²) >= 11 is 0. The molecule has 7 nitrogen and oxygen atoms in total. The van der Waals surface area contributed by atoms with Crippen molar-refractivity contribution < 1.29 is 4.74 Å². The van der Waals surface area contributed by atoms with Crippen molar-refractivity contribution in [2.75, 3.05) is 14.2 Å². The minimum absolute atomic E-state index is 0.000200. The molecule has 0 spiro atoms. The lowest BCUT2D eigenvalue weighted by molar-refractivity contribution is 0.114. The van der Waals surface area contributed by atoms with E-state index in [1.807, 2.05) is 11.9 Å². The van der Waals surface area contributed by atoms with E-state index >= 15 is 0 Å². The highest BCUT2D eigenvalue weighted by atomic mass is 16.5. The Morgan fingerprint density at radius 2 is 1.77 bits per heavy atom. The average molecular weight is 425 g/mol. The number of nitrogens with zero attached hydrogens (tertiary/aromatic N) is 1. The maximum atomic E-state index is 8.53. The van der Waals surface area contributed by atoms with Crippen molar-refractivity contribution in [1.82, 2.24) is 10.2 Å². The molecule has 0 atom stereocenters. The quantitative estimate of drug-likeness (QED) is 0.338. The molecule has 2 rings (SSSR count). The maximum Gasteiger partial charge on any atom is 0.128 e. The van der Waals surface area contributed by atoms with Gasteiger partial charge in [-0.2, -0.15) is 0 Å². The fourth-order valence-corrected chi connectivity index (χ4v) is 4.43. The van der Waals surface area contributed by atoms with Crippen molar-refractivity contribution in [2.24, 2.45) is 5.73 Å². The number of ether oxygens (including phenoxy) is 1. The van der Waals surface area contributed by atoms with Crippen molar-refractivity contribution in [2.45, 2.75) is 57.7 Å². The SMILES string of the molecule is COc1cc(/C(C=N)=C/N)ccc1C(=N)/C=C\C(=N)N(C)C1CC(C)(C)NC(C)(C)C1. The van der Waals surface area contributed by atoms with Gasteiger partial charge in [-0.1, -0.05) is 6.07 Å². The first kappa shape index (κ1) is 24.3. The van der Waals surface area contributed by atoms with Gasteiger partial charge < -0.3 is 31.5 Å². The predicted octanol–water partition coefficient (Wildman–Crippen LogP) is 3.79. The number of rotatable bonds is 7. The summed E-state index contributed by atoms with van der Waals surface area (Å²) in [4.78, 5) is 2.00. The Labute approximate surface area is 185 Å². The molecule has 7 heteroatoms. The summed E-state index contributed by atoms with van der Waals surface area (Å²) in [5.41, 5.74) is 7.75. The molecule has 0 unspecified atom stereocenters. The lowest BCUT2D eigenvalue weighted by Gasteiger charge is -2.49. The molecular formula is C24H36N6O. The monoisotopic (exact) mass is 424 g/mol. The second kappa shape index (κ2) is 9.47. The molecule has 0 aliphatic carbocycles. The van der Waals surface area contributed by atoms with Gasteiger partial charge in [-0.05, 0) is 70.4 Å². The molecule has 168 valence electrons. The minimum Gasteiger partial charge on any atom is -0.496 e. The first-order valence-electron chi connectivity index (χ1n) is 10.4. The third-order valence-electron chi connectivity index (χ3n) is 5.66. The number of methoxy groups -OCH3 is 1. The Balaban J connectivity index is 2.17. The lowest BCUT2D eigenvalue weighted by atomic mass is 9.79. The lowest BCUT2D eigenvalue weighted by Crippen LogP contribution is -2.62. The summed E-state index contributed by atoms with van der Waals surface area (Å²) in [6, 6.07) is 5.59. The van der Waals surface area contributed by atoms with E-state index in [1.165, 1.54) is 12.4 Å². The van der Waals surface area contributed by atoms with Gasteiger partial charge in [-0.15, -0.1) is 0 Å². The highest BCUT2D eigenvalue weighted by Crippen LogP contribution is 2.31.